The van der Waals surface area contributed by atoms with Gasteiger partial charge in [0.25, 0.3) is 0 Å². The first kappa shape index (κ1) is 14.6. The Hall–Kier alpha value is -0.420. The fourth-order valence-electron chi connectivity index (χ4n) is 2.19. The number of nitrogens with zero attached hydrogens (tertiary/aromatic N) is 1. The van der Waals surface area contributed by atoms with E-state index in [4.69, 9.17) is 0 Å². The van der Waals surface area contributed by atoms with Gasteiger partial charge in [0.15, 0.2) is 0 Å². The first-order chi connectivity index (χ1) is 8.13. The largest absolute Gasteiger partial charge is 0.325 e. The average Bonchev–Trinajstić information content (AvgIpc) is 2.64. The maximum atomic E-state index is 12.1. The van der Waals surface area contributed by atoms with Crippen molar-refractivity contribution in [3.05, 3.63) is 0 Å². The van der Waals surface area contributed by atoms with Gasteiger partial charge in [-0.15, -0.1) is 0 Å². The highest BCUT2D eigenvalue weighted by Crippen LogP contribution is 2.16. The lowest BCUT2D eigenvalue weighted by Gasteiger charge is -2.22. The van der Waals surface area contributed by atoms with E-state index in [1.165, 1.54) is 0 Å². The molecule has 0 aromatic rings. The van der Waals surface area contributed by atoms with Crippen molar-refractivity contribution in [2.24, 2.45) is 0 Å². The molecule has 100 valence electrons. The van der Waals surface area contributed by atoms with Crippen molar-refractivity contribution in [2.75, 3.05) is 18.1 Å². The molecule has 3 atom stereocenters. The Morgan fingerprint density at radius 1 is 1.35 bits per heavy atom. The number of rotatable bonds is 7. The van der Waals surface area contributed by atoms with Crippen molar-refractivity contribution in [1.29, 1.82) is 0 Å². The molecular formula is C12H24N2O2S. The van der Waals surface area contributed by atoms with E-state index in [1.54, 1.807) is 0 Å². The third-order valence-corrected chi connectivity index (χ3v) is 4.48. The van der Waals surface area contributed by atoms with E-state index in [0.29, 0.717) is 18.1 Å². The summed E-state index contributed by atoms with van der Waals surface area (Å²) in [6.45, 7) is 6.69. The second-order valence-electron chi connectivity index (χ2n) is 4.40. The maximum Gasteiger partial charge on any atom is 0.241 e. The molecule has 0 saturated carbocycles. The number of nitrogens with one attached hydrogen (secondary N) is 1. The molecule has 1 N–H and O–H groups in total. The zero-order chi connectivity index (χ0) is 12.8. The molecule has 5 heteroatoms. The highest BCUT2D eigenvalue weighted by atomic mass is 32.2. The normalized spacial score (nSPS) is 26.5. The van der Waals surface area contributed by atoms with E-state index in [9.17, 15) is 9.00 Å². The molecule has 17 heavy (non-hydrogen) atoms. The fraction of sp³-hybridized carbons (Fsp3) is 0.917. The fourth-order valence-corrected chi connectivity index (χ4v) is 2.88. The van der Waals surface area contributed by atoms with Crippen LogP contribution in [0.2, 0.25) is 0 Å². The number of hydrogen-bond acceptors (Lipinski definition) is 3. The molecule has 4 nitrogen and oxygen atoms in total. The summed E-state index contributed by atoms with van der Waals surface area (Å²) < 4.78 is 11.4. The summed E-state index contributed by atoms with van der Waals surface area (Å²) >= 11 is 0. The molecule has 0 aliphatic carbocycles. The number of carbonyl (C=O) groups is 1. The molecule has 0 radical (unpaired) electrons. The number of amides is 1. The van der Waals surface area contributed by atoms with E-state index < -0.39 is 10.8 Å². The Labute approximate surface area is 107 Å². The summed E-state index contributed by atoms with van der Waals surface area (Å²) in [6, 6.07) is -0.0278. The second-order valence-corrected chi connectivity index (χ2v) is 6.26. The topological polar surface area (TPSA) is 49.4 Å². The molecule has 1 saturated heterocycles. The van der Waals surface area contributed by atoms with Gasteiger partial charge in [-0.25, -0.2) is 0 Å². The highest BCUT2D eigenvalue weighted by molar-refractivity contribution is 7.84. The molecule has 0 aromatic carbocycles. The number of carbonyl (C=O) groups excluding carboxylic acids is 1. The maximum absolute atomic E-state index is 12.1. The zero-order valence-corrected chi connectivity index (χ0v) is 11.9. The molecule has 1 aliphatic rings. The van der Waals surface area contributed by atoms with Crippen LogP contribution in [0.25, 0.3) is 0 Å². The van der Waals surface area contributed by atoms with Gasteiger partial charge in [-0.1, -0.05) is 27.2 Å². The van der Waals surface area contributed by atoms with Crippen LogP contribution in [-0.4, -0.2) is 45.3 Å². The molecule has 1 fully saturated rings. The number of hydrogen-bond donors (Lipinski definition) is 1. The van der Waals surface area contributed by atoms with Crippen LogP contribution in [0.4, 0.5) is 0 Å². The van der Waals surface area contributed by atoms with E-state index in [0.717, 1.165) is 19.3 Å². The smallest absolute Gasteiger partial charge is 0.241 e. The SMILES string of the molecule is CCCC1NC(CC)N(CCS(=O)CC)C1=O. The van der Waals surface area contributed by atoms with Gasteiger partial charge >= 0.3 is 0 Å². The lowest BCUT2D eigenvalue weighted by Crippen LogP contribution is -2.39. The second kappa shape index (κ2) is 7.11. The predicted molar refractivity (Wildman–Crippen MR) is 71.2 cm³/mol. The van der Waals surface area contributed by atoms with Crippen LogP contribution >= 0.6 is 0 Å². The Morgan fingerprint density at radius 3 is 2.59 bits per heavy atom. The van der Waals surface area contributed by atoms with E-state index in [-0.39, 0.29) is 18.1 Å². The third-order valence-electron chi connectivity index (χ3n) is 3.20. The van der Waals surface area contributed by atoms with Crippen molar-refractivity contribution in [3.63, 3.8) is 0 Å². The highest BCUT2D eigenvalue weighted by Gasteiger charge is 2.36. The van der Waals surface area contributed by atoms with Crippen LogP contribution in [-0.2, 0) is 15.6 Å². The van der Waals surface area contributed by atoms with Gasteiger partial charge in [-0.3, -0.25) is 14.3 Å². The Balaban J connectivity index is 2.55. The molecule has 3 unspecified atom stereocenters. The summed E-state index contributed by atoms with van der Waals surface area (Å²) in [5.41, 5.74) is 0. The predicted octanol–water partition coefficient (Wildman–Crippen LogP) is 1.09. The van der Waals surface area contributed by atoms with Crippen molar-refractivity contribution in [3.8, 4) is 0 Å². The van der Waals surface area contributed by atoms with Gasteiger partial charge in [0.05, 0.1) is 12.2 Å². The lowest BCUT2D eigenvalue weighted by atomic mass is 10.2. The van der Waals surface area contributed by atoms with Crippen molar-refractivity contribution < 1.29 is 9.00 Å². The summed E-state index contributed by atoms with van der Waals surface area (Å²) in [7, 11) is -0.792. The van der Waals surface area contributed by atoms with Crippen LogP contribution < -0.4 is 5.32 Å². The van der Waals surface area contributed by atoms with Crippen LogP contribution in [0.1, 0.15) is 40.0 Å². The van der Waals surface area contributed by atoms with Crippen molar-refractivity contribution in [2.45, 2.75) is 52.2 Å². The first-order valence-corrected chi connectivity index (χ1v) is 8.04. The standard InChI is InChI=1S/C12H24N2O2S/c1-4-7-10-12(15)14(11(5-2)13-10)8-9-17(16)6-3/h10-11,13H,4-9H2,1-3H3. The summed E-state index contributed by atoms with van der Waals surface area (Å²) in [5.74, 6) is 1.45. The molecule has 0 aromatic heterocycles. The lowest BCUT2D eigenvalue weighted by molar-refractivity contribution is -0.129. The molecule has 1 rings (SSSR count). The van der Waals surface area contributed by atoms with E-state index >= 15 is 0 Å². The van der Waals surface area contributed by atoms with Gasteiger partial charge in [-0.2, -0.15) is 0 Å². The molecule has 1 heterocycles. The monoisotopic (exact) mass is 260 g/mol. The van der Waals surface area contributed by atoms with Crippen molar-refractivity contribution in [1.82, 2.24) is 10.2 Å². The first-order valence-electron chi connectivity index (χ1n) is 6.55. The minimum Gasteiger partial charge on any atom is -0.325 e. The Morgan fingerprint density at radius 2 is 2.06 bits per heavy atom. The molecule has 0 bridgehead atoms. The molecular weight excluding hydrogens is 236 g/mol. The van der Waals surface area contributed by atoms with E-state index in [2.05, 4.69) is 19.2 Å². The zero-order valence-electron chi connectivity index (χ0n) is 11.1. The summed E-state index contributed by atoms with van der Waals surface area (Å²) in [5, 5.41) is 3.36. The Kier molecular flexibility index (Phi) is 6.12. The average molecular weight is 260 g/mol. The molecule has 1 amide bonds. The molecule has 0 spiro atoms. The van der Waals surface area contributed by atoms with Crippen LogP contribution in [0.5, 0.6) is 0 Å². The summed E-state index contributed by atoms with van der Waals surface area (Å²) in [4.78, 5) is 14.0. The third kappa shape index (κ3) is 3.78. The van der Waals surface area contributed by atoms with E-state index in [1.807, 2.05) is 11.8 Å². The van der Waals surface area contributed by atoms with Gasteiger partial charge in [0, 0.05) is 28.9 Å². The Bertz CT molecular complexity index is 284. The molecule has 1 aliphatic heterocycles. The van der Waals surface area contributed by atoms with Gasteiger partial charge < -0.3 is 4.90 Å². The van der Waals surface area contributed by atoms with Gasteiger partial charge in [0.2, 0.25) is 5.91 Å². The van der Waals surface area contributed by atoms with Gasteiger partial charge in [0.1, 0.15) is 0 Å². The van der Waals surface area contributed by atoms with Crippen molar-refractivity contribution >= 4 is 16.7 Å². The van der Waals surface area contributed by atoms with Gasteiger partial charge in [-0.05, 0) is 12.8 Å². The quantitative estimate of drug-likeness (QED) is 0.745. The minimum absolute atomic E-state index is 0.0278. The van der Waals surface area contributed by atoms with Crippen LogP contribution in [0.15, 0.2) is 0 Å². The van der Waals surface area contributed by atoms with Crippen LogP contribution in [0.3, 0.4) is 0 Å². The van der Waals surface area contributed by atoms with Crippen LogP contribution in [0, 0.1) is 0 Å². The minimum atomic E-state index is -0.792. The summed E-state index contributed by atoms with van der Waals surface area (Å²) in [6.07, 6.45) is 2.94.